The Balaban J connectivity index is 1.40. The van der Waals surface area contributed by atoms with Crippen molar-refractivity contribution in [1.82, 2.24) is 24.6 Å². The number of anilines is 1. The van der Waals surface area contributed by atoms with Crippen molar-refractivity contribution in [2.45, 2.75) is 44.3 Å². The van der Waals surface area contributed by atoms with Crippen molar-refractivity contribution >= 4 is 50.4 Å². The molecule has 1 unspecified atom stereocenters. The van der Waals surface area contributed by atoms with Gasteiger partial charge in [0.25, 0.3) is 0 Å². The van der Waals surface area contributed by atoms with Crippen LogP contribution < -0.4 is 4.90 Å². The maximum absolute atomic E-state index is 13.7. The van der Waals surface area contributed by atoms with Crippen LogP contribution >= 0.6 is 15.9 Å². The van der Waals surface area contributed by atoms with E-state index in [4.69, 9.17) is 9.97 Å². The lowest BCUT2D eigenvalue weighted by Gasteiger charge is -2.28. The highest BCUT2D eigenvalue weighted by molar-refractivity contribution is 9.10. The lowest BCUT2D eigenvalue weighted by atomic mass is 9.78. The van der Waals surface area contributed by atoms with Gasteiger partial charge in [-0.1, -0.05) is 22.6 Å². The average molecular weight is 611 g/mol. The van der Waals surface area contributed by atoms with Gasteiger partial charge in [-0.3, -0.25) is 0 Å². The van der Waals surface area contributed by atoms with Crippen LogP contribution in [0.5, 0.6) is 0 Å². The molecular formula is C28H29BrFN7OS. The van der Waals surface area contributed by atoms with E-state index in [1.165, 1.54) is 12.1 Å². The first-order chi connectivity index (χ1) is 18.5. The standard InChI is InChI=1S/C28H29BrFN7OS/c1-27(2,3)39(38)35-17-28(4,20-5-7-23(30)8-6-20)21-14-31-25(32-15-21)19-9-11-36(12-10-19)26-24-13-22(29)16-37(24)34-18-33-26/h5-9,13-18H,10-12H2,1-4H3/b35-17+/t28-,39?/m0/s1. The summed E-state index contributed by atoms with van der Waals surface area (Å²) < 4.78 is 33.0. The van der Waals surface area contributed by atoms with Crippen molar-refractivity contribution in [1.29, 1.82) is 0 Å². The number of hydrogen-bond acceptors (Lipinski definition) is 7. The van der Waals surface area contributed by atoms with Gasteiger partial charge < -0.3 is 9.45 Å². The predicted octanol–water partition coefficient (Wildman–Crippen LogP) is 5.55. The Bertz CT molecular complexity index is 1530. The summed E-state index contributed by atoms with van der Waals surface area (Å²) in [5.74, 6) is 1.21. The van der Waals surface area contributed by atoms with Gasteiger partial charge in [0.1, 0.15) is 33.8 Å². The lowest BCUT2D eigenvalue weighted by molar-refractivity contribution is 0.561. The molecule has 0 amide bonds. The molecule has 0 bridgehead atoms. The van der Waals surface area contributed by atoms with Gasteiger partial charge in [0.05, 0.1) is 11.6 Å². The van der Waals surface area contributed by atoms with E-state index in [0.29, 0.717) is 12.4 Å². The van der Waals surface area contributed by atoms with E-state index in [9.17, 15) is 8.94 Å². The zero-order valence-corrected chi connectivity index (χ0v) is 24.6. The summed E-state index contributed by atoms with van der Waals surface area (Å²) in [6.07, 6.45) is 11.6. The number of benzene rings is 1. The summed E-state index contributed by atoms with van der Waals surface area (Å²) in [5.41, 5.74) is 2.78. The molecule has 5 rings (SSSR count). The first kappa shape index (κ1) is 27.4. The number of aromatic nitrogens is 5. The fraction of sp³-hybridized carbons (Fsp3) is 0.321. The van der Waals surface area contributed by atoms with Gasteiger partial charge >= 0.3 is 0 Å². The molecule has 8 nitrogen and oxygen atoms in total. The van der Waals surface area contributed by atoms with Gasteiger partial charge in [0.2, 0.25) is 0 Å². The second-order valence-corrected chi connectivity index (χ2v) is 13.4. The highest BCUT2D eigenvalue weighted by Gasteiger charge is 2.32. The molecule has 202 valence electrons. The summed E-state index contributed by atoms with van der Waals surface area (Å²) in [6.45, 7) is 9.01. The van der Waals surface area contributed by atoms with Crippen molar-refractivity contribution in [2.75, 3.05) is 18.0 Å². The van der Waals surface area contributed by atoms with Gasteiger partial charge in [-0.05, 0) is 79.4 Å². The van der Waals surface area contributed by atoms with Crippen LogP contribution in [0.4, 0.5) is 10.2 Å². The smallest absolute Gasteiger partial charge is 0.156 e. The molecule has 2 atom stereocenters. The van der Waals surface area contributed by atoms with Crippen LogP contribution in [0.25, 0.3) is 11.1 Å². The van der Waals surface area contributed by atoms with Gasteiger partial charge in [-0.15, -0.1) is 0 Å². The third-order valence-electron chi connectivity index (χ3n) is 6.77. The minimum absolute atomic E-state index is 0.325. The van der Waals surface area contributed by atoms with Gasteiger partial charge in [0.15, 0.2) is 11.6 Å². The van der Waals surface area contributed by atoms with Crippen LogP contribution in [0, 0.1) is 5.82 Å². The lowest BCUT2D eigenvalue weighted by Crippen LogP contribution is -2.31. The minimum atomic E-state index is -1.44. The molecule has 0 radical (unpaired) electrons. The third kappa shape index (κ3) is 5.75. The monoisotopic (exact) mass is 609 g/mol. The summed E-state index contributed by atoms with van der Waals surface area (Å²) in [7, 11) is 0. The third-order valence-corrected chi connectivity index (χ3v) is 8.55. The normalized spacial score (nSPS) is 16.9. The topological polar surface area (TPSA) is 94.6 Å². The molecule has 0 aliphatic carbocycles. The van der Waals surface area contributed by atoms with Crippen LogP contribution in [-0.2, 0) is 16.8 Å². The van der Waals surface area contributed by atoms with E-state index < -0.39 is 21.5 Å². The SMILES string of the molecule is CC(C)(C)[S+]([O-])/N=C/[C@@](C)(c1ccc(F)cc1)c1cnc(C2=CCN(c3ncnn4cc(Br)cc34)CC2)nc1. The van der Waals surface area contributed by atoms with Crippen molar-refractivity contribution in [3.05, 3.63) is 88.6 Å². The molecule has 3 aromatic heterocycles. The number of halogens is 2. The van der Waals surface area contributed by atoms with E-state index in [1.54, 1.807) is 37.1 Å². The van der Waals surface area contributed by atoms with Gasteiger partial charge in [-0.2, -0.15) is 5.10 Å². The molecule has 11 heteroatoms. The Morgan fingerprint density at radius 2 is 1.79 bits per heavy atom. The summed E-state index contributed by atoms with van der Waals surface area (Å²) in [5, 5.41) is 4.28. The van der Waals surface area contributed by atoms with Crippen molar-refractivity contribution in [3.8, 4) is 0 Å². The van der Waals surface area contributed by atoms with Crippen LogP contribution in [0.3, 0.4) is 0 Å². The Kier molecular flexibility index (Phi) is 7.58. The fourth-order valence-electron chi connectivity index (χ4n) is 4.38. The number of nitrogens with zero attached hydrogens (tertiary/aromatic N) is 7. The molecule has 1 aliphatic heterocycles. The van der Waals surface area contributed by atoms with Crippen LogP contribution in [-0.4, -0.2) is 53.2 Å². The predicted molar refractivity (Wildman–Crippen MR) is 157 cm³/mol. The highest BCUT2D eigenvalue weighted by atomic mass is 79.9. The average Bonchev–Trinajstić information content (AvgIpc) is 3.32. The number of fused-ring (bicyclic) bond motifs is 1. The van der Waals surface area contributed by atoms with E-state index >= 15 is 0 Å². The second-order valence-electron chi connectivity index (χ2n) is 10.6. The number of hydrogen-bond donors (Lipinski definition) is 0. The summed E-state index contributed by atoms with van der Waals surface area (Å²) in [6, 6.07) is 8.25. The molecule has 0 N–H and O–H groups in total. The Hall–Kier alpha value is -3.15. The molecule has 0 saturated carbocycles. The molecule has 4 aromatic rings. The van der Waals surface area contributed by atoms with E-state index in [-0.39, 0.29) is 5.82 Å². The fourth-order valence-corrected chi connectivity index (χ4v) is 5.41. The Morgan fingerprint density at radius 1 is 1.08 bits per heavy atom. The van der Waals surface area contributed by atoms with Gasteiger partial charge in [0, 0.05) is 41.7 Å². The van der Waals surface area contributed by atoms with Crippen molar-refractivity contribution in [2.24, 2.45) is 4.40 Å². The summed E-state index contributed by atoms with van der Waals surface area (Å²) in [4.78, 5) is 16.1. The van der Waals surface area contributed by atoms with E-state index in [1.807, 2.05) is 44.5 Å². The zero-order valence-electron chi connectivity index (χ0n) is 22.2. The maximum Gasteiger partial charge on any atom is 0.156 e. The number of rotatable bonds is 6. The molecular weight excluding hydrogens is 581 g/mol. The quantitative estimate of drug-likeness (QED) is 0.210. The molecule has 0 spiro atoms. The largest absolute Gasteiger partial charge is 0.591 e. The molecule has 1 aliphatic rings. The molecule has 0 saturated heterocycles. The van der Waals surface area contributed by atoms with E-state index in [0.717, 1.165) is 45.5 Å². The molecule has 4 heterocycles. The van der Waals surface area contributed by atoms with Crippen molar-refractivity contribution in [3.63, 3.8) is 0 Å². The molecule has 39 heavy (non-hydrogen) atoms. The van der Waals surface area contributed by atoms with E-state index in [2.05, 4.69) is 41.4 Å². The second kappa shape index (κ2) is 10.8. The summed E-state index contributed by atoms with van der Waals surface area (Å²) >= 11 is 2.07. The minimum Gasteiger partial charge on any atom is -0.591 e. The van der Waals surface area contributed by atoms with Crippen molar-refractivity contribution < 1.29 is 8.94 Å². The first-order valence-electron chi connectivity index (χ1n) is 12.5. The first-order valence-corrected chi connectivity index (χ1v) is 14.4. The molecule has 0 fully saturated rings. The Labute approximate surface area is 238 Å². The van der Waals surface area contributed by atoms with Crippen LogP contribution in [0.2, 0.25) is 0 Å². The zero-order chi connectivity index (χ0) is 27.8. The van der Waals surface area contributed by atoms with Crippen LogP contribution in [0.15, 0.2) is 70.2 Å². The highest BCUT2D eigenvalue weighted by Crippen LogP contribution is 2.32. The van der Waals surface area contributed by atoms with Gasteiger partial charge in [-0.25, -0.2) is 23.9 Å². The molecule has 1 aromatic carbocycles. The Morgan fingerprint density at radius 3 is 2.44 bits per heavy atom. The maximum atomic E-state index is 13.7. The van der Waals surface area contributed by atoms with Crippen LogP contribution in [0.1, 0.15) is 51.1 Å².